The number of rotatable bonds is 5. The lowest BCUT2D eigenvalue weighted by molar-refractivity contribution is -0.00000596. The van der Waals surface area contributed by atoms with Crippen LogP contribution in [0.2, 0.25) is 0 Å². The first-order chi connectivity index (χ1) is 13.1. The van der Waals surface area contributed by atoms with E-state index in [1.165, 1.54) is 15.9 Å². The summed E-state index contributed by atoms with van der Waals surface area (Å²) in [5.74, 6) is -0.931. The average molecular weight is 452 g/mol. The fraction of sp³-hybridized carbons (Fsp3) is 0.130. The molecular weight excluding hydrogens is 429 g/mol. The van der Waals surface area contributed by atoms with E-state index in [2.05, 4.69) is 101 Å². The van der Waals surface area contributed by atoms with Crippen LogP contribution in [-0.4, -0.2) is 23.9 Å². The molecule has 28 heavy (non-hydrogen) atoms. The number of nitrogens with two attached hydrogens (primary N) is 1. The fourth-order valence-corrected chi connectivity index (χ4v) is 8.10. The van der Waals surface area contributed by atoms with Gasteiger partial charge >= 0.3 is 0 Å². The Labute approximate surface area is 177 Å². The predicted molar refractivity (Wildman–Crippen MR) is 119 cm³/mol. The first kappa shape index (κ1) is 20.6. The Bertz CT molecular complexity index is 878. The first-order valence-corrected chi connectivity index (χ1v) is 11.1. The van der Waals surface area contributed by atoms with E-state index in [1.54, 1.807) is 6.21 Å². The Hall–Kier alpha value is -2.13. The summed E-state index contributed by atoms with van der Waals surface area (Å²) in [6.07, 6.45) is 2.45. The fourth-order valence-electron chi connectivity index (χ4n) is 3.76. The van der Waals surface area contributed by atoms with Crippen molar-refractivity contribution in [1.29, 1.82) is 0 Å². The van der Waals surface area contributed by atoms with Crippen LogP contribution in [0.25, 0.3) is 0 Å². The third-order valence-corrected chi connectivity index (χ3v) is 9.38. The van der Waals surface area contributed by atoms with Gasteiger partial charge in [-0.25, -0.2) is 9.98 Å². The summed E-state index contributed by atoms with van der Waals surface area (Å²) >= 11 is 0. The zero-order valence-electron chi connectivity index (χ0n) is 15.7. The highest BCUT2D eigenvalue weighted by Gasteiger charge is 2.51. The molecule has 0 fully saturated rings. The molecule has 0 saturated carbocycles. The minimum Gasteiger partial charge on any atom is -1.00 e. The largest absolute Gasteiger partial charge is 1.00 e. The number of benzene rings is 3. The van der Waals surface area contributed by atoms with Crippen LogP contribution in [0, 0.1) is 0 Å². The molecule has 0 aliphatic carbocycles. The van der Waals surface area contributed by atoms with Crippen LogP contribution in [0.1, 0.15) is 6.92 Å². The Kier molecular flexibility index (Phi) is 6.24. The number of aliphatic imine (C=N–C) groups is 2. The van der Waals surface area contributed by atoms with Gasteiger partial charge in [0.25, 0.3) is 0 Å². The van der Waals surface area contributed by atoms with Crippen LogP contribution in [0.4, 0.5) is 0 Å². The standard InChI is InChI=1S/C23H23N3P.BrH/c1-19-17-25-23(24,26-19)18-27(20-11-5-2-6-12-20,21-13-7-3-8-14-21)22-15-9-4-10-16-22;/h2-17H,18,24H2,1H3;1H/q+1;/p-1. The number of hydrogen-bond donors (Lipinski definition) is 1. The molecule has 3 aromatic carbocycles. The van der Waals surface area contributed by atoms with Gasteiger partial charge in [0, 0.05) is 6.21 Å². The molecule has 0 spiro atoms. The van der Waals surface area contributed by atoms with Gasteiger partial charge in [-0.05, 0) is 43.3 Å². The molecule has 0 aromatic heterocycles. The van der Waals surface area contributed by atoms with Gasteiger partial charge in [-0.2, -0.15) is 0 Å². The molecule has 4 rings (SSSR count). The maximum absolute atomic E-state index is 6.69. The van der Waals surface area contributed by atoms with Crippen molar-refractivity contribution in [2.24, 2.45) is 15.7 Å². The van der Waals surface area contributed by atoms with Crippen molar-refractivity contribution in [1.82, 2.24) is 0 Å². The van der Waals surface area contributed by atoms with E-state index in [0.717, 1.165) is 5.71 Å². The van der Waals surface area contributed by atoms with Crippen molar-refractivity contribution in [3.05, 3.63) is 91.0 Å². The summed E-state index contributed by atoms with van der Waals surface area (Å²) in [7, 11) is -2.04. The molecule has 1 aliphatic rings. The highest BCUT2D eigenvalue weighted by molar-refractivity contribution is 7.95. The van der Waals surface area contributed by atoms with Gasteiger partial charge in [0.2, 0.25) is 5.79 Å². The second kappa shape index (κ2) is 8.48. The highest BCUT2D eigenvalue weighted by Crippen LogP contribution is 2.57. The summed E-state index contributed by atoms with van der Waals surface area (Å²) in [5, 5.41) is 3.88. The molecular formula is C23H23BrN3P. The maximum Gasteiger partial charge on any atom is 0.237 e. The normalized spacial score (nSPS) is 18.4. The number of hydrogen-bond acceptors (Lipinski definition) is 3. The molecule has 3 aromatic rings. The molecule has 0 saturated heterocycles. The Morgan fingerprint density at radius 1 is 0.750 bits per heavy atom. The molecule has 2 N–H and O–H groups in total. The minimum absolute atomic E-state index is 0. The van der Waals surface area contributed by atoms with Crippen molar-refractivity contribution in [3.63, 3.8) is 0 Å². The quantitative estimate of drug-likeness (QED) is 0.551. The van der Waals surface area contributed by atoms with E-state index in [9.17, 15) is 0 Å². The highest BCUT2D eigenvalue weighted by atomic mass is 79.9. The third-order valence-electron chi connectivity index (χ3n) is 4.91. The number of nitrogens with zero attached hydrogens (tertiary/aromatic N) is 2. The summed E-state index contributed by atoms with van der Waals surface area (Å²) in [6.45, 7) is 1.95. The van der Waals surface area contributed by atoms with Crippen LogP contribution in [0.3, 0.4) is 0 Å². The zero-order chi connectivity index (χ0) is 18.7. The van der Waals surface area contributed by atoms with Crippen LogP contribution in [0.5, 0.6) is 0 Å². The average Bonchev–Trinajstić information content (AvgIpc) is 3.07. The molecule has 1 aliphatic heterocycles. The van der Waals surface area contributed by atoms with E-state index < -0.39 is 13.0 Å². The molecule has 3 nitrogen and oxygen atoms in total. The maximum atomic E-state index is 6.69. The second-order valence-electron chi connectivity index (χ2n) is 6.86. The predicted octanol–water partition coefficient (Wildman–Crippen LogP) is 0.142. The van der Waals surface area contributed by atoms with Crippen LogP contribution >= 0.6 is 7.26 Å². The smallest absolute Gasteiger partial charge is 0.237 e. The Balaban J connectivity index is 0.00000225. The van der Waals surface area contributed by atoms with Gasteiger partial charge in [-0.3, -0.25) is 5.73 Å². The van der Waals surface area contributed by atoms with Crippen LogP contribution in [-0.2, 0) is 0 Å². The van der Waals surface area contributed by atoms with Crippen LogP contribution in [0.15, 0.2) is 101 Å². The monoisotopic (exact) mass is 451 g/mol. The van der Waals surface area contributed by atoms with E-state index in [4.69, 9.17) is 5.73 Å². The van der Waals surface area contributed by atoms with Crippen molar-refractivity contribution < 1.29 is 17.0 Å². The van der Waals surface area contributed by atoms with E-state index in [0.29, 0.717) is 6.16 Å². The first-order valence-electron chi connectivity index (χ1n) is 9.08. The van der Waals surface area contributed by atoms with Gasteiger partial charge in [0.1, 0.15) is 29.3 Å². The Morgan fingerprint density at radius 2 is 1.14 bits per heavy atom. The van der Waals surface area contributed by atoms with Crippen molar-refractivity contribution in [2.75, 3.05) is 6.16 Å². The van der Waals surface area contributed by atoms with E-state index in [1.807, 2.05) is 6.92 Å². The van der Waals surface area contributed by atoms with Gasteiger partial charge in [-0.15, -0.1) is 0 Å². The van der Waals surface area contributed by atoms with Crippen molar-refractivity contribution >= 4 is 35.1 Å². The van der Waals surface area contributed by atoms with Gasteiger partial charge in [0.15, 0.2) is 0 Å². The van der Waals surface area contributed by atoms with Gasteiger partial charge < -0.3 is 17.0 Å². The van der Waals surface area contributed by atoms with Crippen molar-refractivity contribution in [2.45, 2.75) is 12.7 Å². The molecule has 0 radical (unpaired) electrons. The molecule has 1 heterocycles. The zero-order valence-corrected chi connectivity index (χ0v) is 18.2. The molecule has 1 atom stereocenters. The molecule has 5 heteroatoms. The lowest BCUT2D eigenvalue weighted by Gasteiger charge is -2.31. The van der Waals surface area contributed by atoms with Crippen molar-refractivity contribution in [3.8, 4) is 0 Å². The van der Waals surface area contributed by atoms with E-state index >= 15 is 0 Å². The lowest BCUT2D eigenvalue weighted by Crippen LogP contribution is -3.00. The van der Waals surface area contributed by atoms with Crippen LogP contribution < -0.4 is 38.6 Å². The SMILES string of the molecule is CC1=NC(N)(C[P+](c2ccccc2)(c2ccccc2)c2ccccc2)N=C1.[Br-]. The summed E-state index contributed by atoms with van der Waals surface area (Å²) in [5.41, 5.74) is 7.57. The lowest BCUT2D eigenvalue weighted by atomic mass is 10.3. The second-order valence-corrected chi connectivity index (χ2v) is 10.3. The Morgan fingerprint density at radius 3 is 1.46 bits per heavy atom. The topological polar surface area (TPSA) is 50.7 Å². The number of halogens is 1. The molecule has 1 unspecified atom stereocenters. The molecule has 0 bridgehead atoms. The molecule has 142 valence electrons. The minimum atomic E-state index is -2.04. The third kappa shape index (κ3) is 3.86. The summed E-state index contributed by atoms with van der Waals surface area (Å²) in [6, 6.07) is 32.1. The summed E-state index contributed by atoms with van der Waals surface area (Å²) < 4.78 is 0. The molecule has 0 amide bonds. The van der Waals surface area contributed by atoms with E-state index in [-0.39, 0.29) is 17.0 Å². The van der Waals surface area contributed by atoms with Gasteiger partial charge in [-0.1, -0.05) is 54.6 Å². The van der Waals surface area contributed by atoms with Gasteiger partial charge in [0.05, 0.1) is 5.71 Å². The summed E-state index contributed by atoms with van der Waals surface area (Å²) in [4.78, 5) is 9.27.